The summed E-state index contributed by atoms with van der Waals surface area (Å²) in [6, 6.07) is 10.9. The minimum atomic E-state index is -0.160. The summed E-state index contributed by atoms with van der Waals surface area (Å²) in [4.78, 5) is 35.9. The lowest BCUT2D eigenvalue weighted by atomic mass is 9.94. The number of hydrogen-bond donors (Lipinski definition) is 0. The highest BCUT2D eigenvalue weighted by atomic mass is 35.5. The molecule has 1 fully saturated rings. The van der Waals surface area contributed by atoms with Gasteiger partial charge >= 0.3 is 0 Å². The molecule has 9 heteroatoms. The number of morpholine rings is 1. The number of ether oxygens (including phenoxy) is 1. The Kier molecular flexibility index (Phi) is 6.17. The summed E-state index contributed by atoms with van der Waals surface area (Å²) in [5.41, 5.74) is 4.06. The van der Waals surface area contributed by atoms with Crippen LogP contribution < -0.4 is 5.43 Å². The number of halogens is 2. The Morgan fingerprint density at radius 1 is 1.06 bits per heavy atom. The molecule has 0 N–H and O–H groups in total. The number of nitrogens with zero attached hydrogens (tertiary/aromatic N) is 3. The van der Waals surface area contributed by atoms with Crippen molar-refractivity contribution in [3.63, 3.8) is 0 Å². The predicted octanol–water partition coefficient (Wildman–Crippen LogP) is 4.68. The van der Waals surface area contributed by atoms with E-state index in [0.717, 1.165) is 22.2 Å². The Balaban J connectivity index is 1.38. The van der Waals surface area contributed by atoms with Gasteiger partial charge in [0.15, 0.2) is 11.0 Å². The Labute approximate surface area is 217 Å². The van der Waals surface area contributed by atoms with Gasteiger partial charge < -0.3 is 14.1 Å². The van der Waals surface area contributed by atoms with Crippen molar-refractivity contribution in [2.45, 2.75) is 19.5 Å². The van der Waals surface area contributed by atoms with Gasteiger partial charge in [-0.3, -0.25) is 19.5 Å². The smallest absolute Gasteiger partial charge is 0.255 e. The molecule has 184 valence electrons. The van der Waals surface area contributed by atoms with Crippen molar-refractivity contribution < 1.29 is 13.9 Å². The molecule has 2 aromatic heterocycles. The maximum atomic E-state index is 13.7. The van der Waals surface area contributed by atoms with Crippen LogP contribution in [0.5, 0.6) is 0 Å². The molecular weight excluding hydrogens is 501 g/mol. The molecule has 0 atom stereocenters. The van der Waals surface area contributed by atoms with Crippen LogP contribution in [0.1, 0.15) is 27.2 Å². The summed E-state index contributed by atoms with van der Waals surface area (Å²) >= 11 is 12.3. The second kappa shape index (κ2) is 9.48. The van der Waals surface area contributed by atoms with E-state index in [2.05, 4.69) is 4.90 Å². The lowest BCUT2D eigenvalue weighted by molar-refractivity contribution is 0.0302. The molecule has 4 heterocycles. The zero-order valence-corrected chi connectivity index (χ0v) is 20.9. The molecule has 4 aromatic rings. The number of amides is 1. The van der Waals surface area contributed by atoms with E-state index in [9.17, 15) is 9.59 Å². The Bertz CT molecular complexity index is 1560. The third-order valence-corrected chi connectivity index (χ3v) is 7.39. The first-order chi connectivity index (χ1) is 17.5. The van der Waals surface area contributed by atoms with Gasteiger partial charge in [-0.05, 0) is 18.2 Å². The first kappa shape index (κ1) is 23.4. The van der Waals surface area contributed by atoms with Gasteiger partial charge in [-0.2, -0.15) is 0 Å². The topological polar surface area (TPSA) is 75.9 Å². The van der Waals surface area contributed by atoms with Crippen LogP contribution >= 0.6 is 23.2 Å². The lowest BCUT2D eigenvalue weighted by Gasteiger charge is -2.32. The number of hydrogen-bond acceptors (Lipinski definition) is 6. The average molecular weight is 524 g/mol. The number of rotatable bonds is 3. The largest absolute Gasteiger partial charge is 0.462 e. The number of carbonyl (C=O) groups excluding carboxylic acids is 1. The predicted molar refractivity (Wildman–Crippen MR) is 139 cm³/mol. The van der Waals surface area contributed by atoms with Crippen LogP contribution in [0.15, 0.2) is 51.9 Å². The summed E-state index contributed by atoms with van der Waals surface area (Å²) in [7, 11) is 0. The van der Waals surface area contributed by atoms with Crippen molar-refractivity contribution in [2.75, 3.05) is 32.8 Å². The first-order valence-electron chi connectivity index (χ1n) is 11.9. The molecule has 7 nitrogen and oxygen atoms in total. The minimum Gasteiger partial charge on any atom is -0.462 e. The van der Waals surface area contributed by atoms with Gasteiger partial charge in [0.05, 0.1) is 41.0 Å². The van der Waals surface area contributed by atoms with Gasteiger partial charge in [0.2, 0.25) is 0 Å². The molecule has 2 aromatic carbocycles. The van der Waals surface area contributed by atoms with Crippen LogP contribution in [-0.2, 0) is 24.2 Å². The fraction of sp³-hybridized carbons (Fsp3) is 0.296. The first-order valence-corrected chi connectivity index (χ1v) is 12.6. The van der Waals surface area contributed by atoms with Gasteiger partial charge in [-0.1, -0.05) is 41.4 Å². The molecule has 0 aliphatic carbocycles. The van der Waals surface area contributed by atoms with Crippen LogP contribution in [0.25, 0.3) is 21.9 Å². The summed E-state index contributed by atoms with van der Waals surface area (Å²) in [5, 5.41) is 1.90. The van der Waals surface area contributed by atoms with E-state index < -0.39 is 0 Å². The summed E-state index contributed by atoms with van der Waals surface area (Å²) in [6.45, 7) is 3.79. The molecule has 0 unspecified atom stereocenters. The second-order valence-electron chi connectivity index (χ2n) is 9.15. The monoisotopic (exact) mass is 523 g/mol. The number of benzene rings is 2. The van der Waals surface area contributed by atoms with Gasteiger partial charge in [0, 0.05) is 66.4 Å². The molecule has 0 spiro atoms. The Morgan fingerprint density at radius 3 is 2.69 bits per heavy atom. The molecule has 6 rings (SSSR count). The fourth-order valence-corrected chi connectivity index (χ4v) is 5.64. The summed E-state index contributed by atoms with van der Waals surface area (Å²) in [5.74, 6) is 0.00417. The average Bonchev–Trinajstić information content (AvgIpc) is 2.89. The van der Waals surface area contributed by atoms with Crippen LogP contribution in [0, 0.1) is 0 Å². The van der Waals surface area contributed by atoms with E-state index in [1.807, 2.05) is 29.2 Å². The minimum absolute atomic E-state index is 0.00417. The van der Waals surface area contributed by atoms with E-state index in [0.29, 0.717) is 84.5 Å². The standard InChI is InChI=1S/C27H23Cl2N3O4/c28-17-11-19-25(33)16(15-36-26(19)21(29)12-17)13-31-6-5-23-20(14-31)24(18-3-1-2-4-22(18)30-23)27(34)32-7-9-35-10-8-32/h1-4,11-12,15H,5-10,13-14H2. The molecular formula is C27H23Cl2N3O4. The van der Waals surface area contributed by atoms with E-state index in [-0.39, 0.29) is 11.3 Å². The van der Waals surface area contributed by atoms with Gasteiger partial charge in [0.1, 0.15) is 0 Å². The lowest BCUT2D eigenvalue weighted by Crippen LogP contribution is -2.42. The highest BCUT2D eigenvalue weighted by molar-refractivity contribution is 6.38. The van der Waals surface area contributed by atoms with Crippen LogP contribution in [0.4, 0.5) is 0 Å². The van der Waals surface area contributed by atoms with Crippen molar-refractivity contribution >= 4 is 51.0 Å². The molecule has 36 heavy (non-hydrogen) atoms. The highest BCUT2D eigenvalue weighted by Gasteiger charge is 2.29. The molecule has 0 bridgehead atoms. The quantitative estimate of drug-likeness (QED) is 0.388. The SMILES string of the molecule is O=C(c1c2c(nc3ccccc13)CCN(Cc1coc3c(Cl)cc(Cl)cc3c1=O)C2)N1CCOCC1. The van der Waals surface area contributed by atoms with Crippen molar-refractivity contribution in [2.24, 2.45) is 0 Å². The van der Waals surface area contributed by atoms with Gasteiger partial charge in [0.25, 0.3) is 5.91 Å². The van der Waals surface area contributed by atoms with Crippen LogP contribution in [0.2, 0.25) is 10.0 Å². The Morgan fingerprint density at radius 2 is 1.86 bits per heavy atom. The van der Waals surface area contributed by atoms with Gasteiger partial charge in [-0.15, -0.1) is 0 Å². The van der Waals surface area contributed by atoms with Crippen molar-refractivity contribution in [1.29, 1.82) is 0 Å². The highest BCUT2D eigenvalue weighted by Crippen LogP contribution is 2.31. The van der Waals surface area contributed by atoms with Crippen LogP contribution in [0.3, 0.4) is 0 Å². The second-order valence-corrected chi connectivity index (χ2v) is 9.99. The number of carbonyl (C=O) groups is 1. The van der Waals surface area contributed by atoms with E-state index in [1.165, 1.54) is 6.26 Å². The van der Waals surface area contributed by atoms with Crippen LogP contribution in [-0.4, -0.2) is 53.5 Å². The maximum absolute atomic E-state index is 13.7. The Hall–Kier alpha value is -2.97. The van der Waals surface area contributed by atoms with Crippen molar-refractivity contribution in [1.82, 2.24) is 14.8 Å². The summed E-state index contributed by atoms with van der Waals surface area (Å²) < 4.78 is 11.2. The zero-order chi connectivity index (χ0) is 24.8. The summed E-state index contributed by atoms with van der Waals surface area (Å²) in [6.07, 6.45) is 2.15. The molecule has 0 radical (unpaired) electrons. The molecule has 0 saturated carbocycles. The molecule has 2 aliphatic heterocycles. The number of aromatic nitrogens is 1. The number of pyridine rings is 1. The third-order valence-electron chi connectivity index (χ3n) is 6.90. The van der Waals surface area contributed by atoms with Crippen molar-refractivity contribution in [3.05, 3.63) is 85.3 Å². The normalized spacial score (nSPS) is 16.4. The molecule has 1 saturated heterocycles. The van der Waals surface area contributed by atoms with E-state index >= 15 is 0 Å². The van der Waals surface area contributed by atoms with Crippen molar-refractivity contribution in [3.8, 4) is 0 Å². The third kappa shape index (κ3) is 4.16. The molecule has 1 amide bonds. The molecule has 2 aliphatic rings. The zero-order valence-electron chi connectivity index (χ0n) is 19.4. The maximum Gasteiger partial charge on any atom is 0.255 e. The fourth-order valence-electron chi connectivity index (χ4n) is 5.11. The number of fused-ring (bicyclic) bond motifs is 3. The van der Waals surface area contributed by atoms with E-state index in [1.54, 1.807) is 12.1 Å². The van der Waals surface area contributed by atoms with Gasteiger partial charge in [-0.25, -0.2) is 0 Å². The van der Waals surface area contributed by atoms with E-state index in [4.69, 9.17) is 37.3 Å². The number of para-hydroxylation sites is 1.